The third kappa shape index (κ3) is 2.83. The number of carbonyl (C=O) groups is 1. The van der Waals surface area contributed by atoms with Gasteiger partial charge in [-0.1, -0.05) is 11.6 Å². The van der Waals surface area contributed by atoms with Crippen molar-refractivity contribution in [2.24, 2.45) is 16.6 Å². The van der Waals surface area contributed by atoms with Crippen molar-refractivity contribution in [3.63, 3.8) is 0 Å². The van der Waals surface area contributed by atoms with Crippen molar-refractivity contribution < 1.29 is 14.3 Å². The van der Waals surface area contributed by atoms with E-state index in [-0.39, 0.29) is 29.1 Å². The van der Waals surface area contributed by atoms with Gasteiger partial charge in [0.1, 0.15) is 29.2 Å². The van der Waals surface area contributed by atoms with Gasteiger partial charge in [0.05, 0.1) is 5.02 Å². The van der Waals surface area contributed by atoms with E-state index in [4.69, 9.17) is 31.8 Å². The number of hydrogen-bond donors (Lipinski definition) is 2. The number of hydrogen-bond acceptors (Lipinski definition) is 6. The van der Waals surface area contributed by atoms with Gasteiger partial charge in [0.15, 0.2) is 0 Å². The number of fused-ring (bicyclic) bond motifs is 4. The second-order valence-corrected chi connectivity index (χ2v) is 8.49. The largest absolute Gasteiger partial charge is 0.487 e. The van der Waals surface area contributed by atoms with E-state index in [0.717, 1.165) is 30.6 Å². The van der Waals surface area contributed by atoms with Gasteiger partial charge < -0.3 is 20.5 Å². The standard InChI is InChI=1S/C21H21ClN4O3/c1-20-8-2-3-17(20)21(11-28-19(23)26-21)14-9-13(5-7-16(14)29-20)25-18(27)15-6-4-12(22)10-24-15/h4-7,9-10,17H,2-3,8,11H2,1H3,(H2,23,26)(H,25,27)/t17-,20+,21?/m1/s1. The number of aliphatic imine (C=N–C) groups is 1. The molecule has 2 aliphatic heterocycles. The quantitative estimate of drug-likeness (QED) is 0.786. The SMILES string of the molecule is C[C@]12CCC[C@H]1C1(COC(N)=N1)c1cc(NC(=O)c3ccc(Cl)cn3)ccc1O2. The van der Waals surface area contributed by atoms with Crippen LogP contribution in [0, 0.1) is 5.92 Å². The Morgan fingerprint density at radius 2 is 2.21 bits per heavy atom. The Labute approximate surface area is 173 Å². The summed E-state index contributed by atoms with van der Waals surface area (Å²) in [7, 11) is 0. The molecule has 1 aromatic heterocycles. The molecule has 1 saturated carbocycles. The molecule has 1 spiro atoms. The van der Waals surface area contributed by atoms with Crippen molar-refractivity contribution in [1.29, 1.82) is 0 Å². The average Bonchev–Trinajstić information content (AvgIpc) is 3.27. The van der Waals surface area contributed by atoms with Crippen LogP contribution in [0.2, 0.25) is 5.02 Å². The number of pyridine rings is 1. The summed E-state index contributed by atoms with van der Waals surface area (Å²) in [4.78, 5) is 21.4. The van der Waals surface area contributed by atoms with Crippen LogP contribution in [0.25, 0.3) is 0 Å². The zero-order valence-corrected chi connectivity index (χ0v) is 16.7. The van der Waals surface area contributed by atoms with Crippen LogP contribution in [-0.2, 0) is 10.3 Å². The third-order valence-corrected chi connectivity index (χ3v) is 6.46. The van der Waals surface area contributed by atoms with E-state index in [1.165, 1.54) is 6.20 Å². The van der Waals surface area contributed by atoms with Gasteiger partial charge in [0, 0.05) is 23.4 Å². The minimum Gasteiger partial charge on any atom is -0.487 e. The molecule has 8 heteroatoms. The maximum Gasteiger partial charge on any atom is 0.283 e. The normalized spacial score (nSPS) is 29.4. The maximum absolute atomic E-state index is 12.6. The number of nitrogens with one attached hydrogen (secondary N) is 1. The molecular weight excluding hydrogens is 392 g/mol. The number of halogens is 1. The molecule has 0 saturated heterocycles. The second kappa shape index (κ2) is 6.35. The van der Waals surface area contributed by atoms with Gasteiger partial charge >= 0.3 is 0 Å². The number of carbonyl (C=O) groups excluding carboxylic acids is 1. The Morgan fingerprint density at radius 1 is 1.34 bits per heavy atom. The van der Waals surface area contributed by atoms with Crippen molar-refractivity contribution >= 4 is 29.2 Å². The molecular formula is C21H21ClN4O3. The molecule has 29 heavy (non-hydrogen) atoms. The summed E-state index contributed by atoms with van der Waals surface area (Å²) in [6.07, 6.45) is 4.47. The first kappa shape index (κ1) is 18.2. The van der Waals surface area contributed by atoms with E-state index in [1.807, 2.05) is 18.2 Å². The highest BCUT2D eigenvalue weighted by molar-refractivity contribution is 6.30. The molecule has 0 radical (unpaired) electrons. The minimum atomic E-state index is -0.595. The van der Waals surface area contributed by atoms with Crippen LogP contribution in [0.3, 0.4) is 0 Å². The molecule has 3 heterocycles. The molecule has 0 bridgehead atoms. The highest BCUT2D eigenvalue weighted by Crippen LogP contribution is 2.57. The number of aromatic nitrogens is 1. The number of nitrogens with zero attached hydrogens (tertiary/aromatic N) is 2. The lowest BCUT2D eigenvalue weighted by molar-refractivity contribution is -0.0210. The first-order valence-corrected chi connectivity index (χ1v) is 10.0. The fourth-order valence-corrected chi connectivity index (χ4v) is 5.06. The van der Waals surface area contributed by atoms with E-state index in [9.17, 15) is 4.79 Å². The number of amides is 1. The summed E-state index contributed by atoms with van der Waals surface area (Å²) >= 11 is 5.85. The maximum atomic E-state index is 12.6. The molecule has 1 fully saturated rings. The minimum absolute atomic E-state index is 0.160. The lowest BCUT2D eigenvalue weighted by atomic mass is 9.70. The van der Waals surface area contributed by atoms with Gasteiger partial charge in [-0.25, -0.2) is 9.98 Å². The highest BCUT2D eigenvalue weighted by atomic mass is 35.5. The number of rotatable bonds is 2. The van der Waals surface area contributed by atoms with Crippen molar-refractivity contribution in [2.75, 3.05) is 11.9 Å². The molecule has 1 aliphatic carbocycles. The van der Waals surface area contributed by atoms with Crippen LogP contribution >= 0.6 is 11.6 Å². The van der Waals surface area contributed by atoms with E-state index in [1.54, 1.807) is 12.1 Å². The van der Waals surface area contributed by atoms with Crippen molar-refractivity contribution in [1.82, 2.24) is 4.98 Å². The van der Waals surface area contributed by atoms with Crippen LogP contribution in [0.1, 0.15) is 42.2 Å². The number of amidine groups is 1. The molecule has 3 atom stereocenters. The number of ether oxygens (including phenoxy) is 2. The predicted octanol–water partition coefficient (Wildman–Crippen LogP) is 3.48. The van der Waals surface area contributed by atoms with Gasteiger partial charge in [-0.05, 0) is 56.5 Å². The van der Waals surface area contributed by atoms with Gasteiger partial charge in [0.25, 0.3) is 11.9 Å². The monoisotopic (exact) mass is 412 g/mol. The van der Waals surface area contributed by atoms with E-state index in [0.29, 0.717) is 17.3 Å². The highest BCUT2D eigenvalue weighted by Gasteiger charge is 2.60. The first-order valence-electron chi connectivity index (χ1n) is 9.64. The Hall–Kier alpha value is -2.80. The van der Waals surface area contributed by atoms with E-state index in [2.05, 4.69) is 17.2 Å². The molecule has 5 rings (SSSR count). The molecule has 150 valence electrons. The van der Waals surface area contributed by atoms with E-state index < -0.39 is 5.54 Å². The zero-order chi connectivity index (χ0) is 20.2. The molecule has 2 aromatic rings. The summed E-state index contributed by atoms with van der Waals surface area (Å²) < 4.78 is 12.0. The number of nitrogens with two attached hydrogens (primary N) is 1. The average molecular weight is 413 g/mol. The van der Waals surface area contributed by atoms with Gasteiger partial charge in [-0.3, -0.25) is 4.79 Å². The van der Waals surface area contributed by atoms with Crippen LogP contribution < -0.4 is 15.8 Å². The topological polar surface area (TPSA) is 98.8 Å². The van der Waals surface area contributed by atoms with Crippen molar-refractivity contribution in [3.05, 3.63) is 52.8 Å². The van der Waals surface area contributed by atoms with Crippen molar-refractivity contribution in [3.8, 4) is 5.75 Å². The second-order valence-electron chi connectivity index (χ2n) is 8.05. The molecule has 3 aliphatic rings. The lowest BCUT2D eigenvalue weighted by Crippen LogP contribution is -2.52. The Balaban J connectivity index is 1.53. The molecule has 1 aromatic carbocycles. The summed E-state index contributed by atoms with van der Waals surface area (Å²) in [6.45, 7) is 2.52. The molecule has 3 N–H and O–H groups in total. The Bertz CT molecular complexity index is 1030. The van der Waals surface area contributed by atoms with Crippen LogP contribution in [-0.4, -0.2) is 29.1 Å². The van der Waals surface area contributed by atoms with Crippen LogP contribution in [0.4, 0.5) is 5.69 Å². The smallest absolute Gasteiger partial charge is 0.283 e. The molecule has 1 amide bonds. The molecule has 7 nitrogen and oxygen atoms in total. The number of anilines is 1. The van der Waals surface area contributed by atoms with Crippen LogP contribution in [0.5, 0.6) is 5.75 Å². The lowest BCUT2D eigenvalue weighted by Gasteiger charge is -2.46. The summed E-state index contributed by atoms with van der Waals surface area (Å²) in [5.74, 6) is 0.603. The fourth-order valence-electron chi connectivity index (χ4n) is 4.94. The van der Waals surface area contributed by atoms with Gasteiger partial charge in [0.2, 0.25) is 0 Å². The third-order valence-electron chi connectivity index (χ3n) is 6.24. The van der Waals surface area contributed by atoms with Crippen LogP contribution in [0.15, 0.2) is 41.5 Å². The van der Waals surface area contributed by atoms with Crippen molar-refractivity contribution in [2.45, 2.75) is 37.3 Å². The van der Waals surface area contributed by atoms with E-state index >= 15 is 0 Å². The fraction of sp³-hybridized carbons (Fsp3) is 0.381. The van der Waals surface area contributed by atoms with Gasteiger partial charge in [-0.2, -0.15) is 0 Å². The Morgan fingerprint density at radius 3 is 2.93 bits per heavy atom. The summed E-state index contributed by atoms with van der Waals surface area (Å²) in [5, 5.41) is 3.37. The first-order chi connectivity index (χ1) is 13.9. The summed E-state index contributed by atoms with van der Waals surface area (Å²) in [6, 6.07) is 9.03. The van der Waals surface area contributed by atoms with Gasteiger partial charge in [-0.15, -0.1) is 0 Å². The summed E-state index contributed by atoms with van der Waals surface area (Å²) in [5.41, 5.74) is 6.84. The number of benzene rings is 1. The Kier molecular flexibility index (Phi) is 4.00. The predicted molar refractivity (Wildman–Crippen MR) is 109 cm³/mol. The zero-order valence-electron chi connectivity index (χ0n) is 15.9. The molecule has 1 unspecified atom stereocenters.